The summed E-state index contributed by atoms with van der Waals surface area (Å²) in [5, 5.41) is 3.73. The maximum atomic E-state index is 3.57. The second-order valence-corrected chi connectivity index (χ2v) is 16.8. The summed E-state index contributed by atoms with van der Waals surface area (Å²) in [6.07, 6.45) is 2.31. The van der Waals surface area contributed by atoms with Crippen molar-refractivity contribution in [3.63, 3.8) is 0 Å². The van der Waals surface area contributed by atoms with Crippen molar-refractivity contribution < 1.29 is 0 Å². The topological polar surface area (TPSA) is 12.0 Å². The molecule has 7 heteroatoms. The summed E-state index contributed by atoms with van der Waals surface area (Å²) in [5.74, 6) is 0. The maximum Gasteiger partial charge on any atom is 0.00142 e. The van der Waals surface area contributed by atoms with Crippen LogP contribution >= 0.6 is 55.4 Å². The molecule has 0 saturated heterocycles. The van der Waals surface area contributed by atoms with Gasteiger partial charge >= 0.3 is 0 Å². The Balaban J connectivity index is 5.79. The molecule has 0 spiro atoms. The highest BCUT2D eigenvalue weighted by Crippen LogP contribution is 2.64. The molecule has 25 heavy (non-hydrogen) atoms. The summed E-state index contributed by atoms with van der Waals surface area (Å²) in [4.78, 5) is 0. The molecule has 11 unspecified atom stereocenters. The summed E-state index contributed by atoms with van der Waals surface area (Å²) in [5.41, 5.74) is 0. The van der Waals surface area contributed by atoms with Crippen LogP contribution in [-0.4, -0.2) is 44.0 Å². The van der Waals surface area contributed by atoms with Crippen LogP contribution in [0.15, 0.2) is 0 Å². The highest BCUT2D eigenvalue weighted by atomic mass is 31.0. The fraction of sp³-hybridized carbons (Fsp3) is 1.00. The molecule has 0 aromatic carbocycles. The highest BCUT2D eigenvalue weighted by molar-refractivity contribution is 7.32. The summed E-state index contributed by atoms with van der Waals surface area (Å²) in [6, 6.07) is 0. The molecular weight excluding hydrogens is 416 g/mol. The molecule has 0 radical (unpaired) electrons. The van der Waals surface area contributed by atoms with Gasteiger partial charge in [-0.25, -0.2) is 0 Å². The van der Waals surface area contributed by atoms with Crippen molar-refractivity contribution in [2.45, 2.75) is 99.2 Å². The van der Waals surface area contributed by atoms with E-state index in [0.717, 1.165) is 19.5 Å². The summed E-state index contributed by atoms with van der Waals surface area (Å²) < 4.78 is 0. The third-order valence-corrected chi connectivity index (χ3v) is 15.2. The Morgan fingerprint density at radius 1 is 0.600 bits per heavy atom. The van der Waals surface area contributed by atoms with E-state index in [1.54, 1.807) is 0 Å². The van der Waals surface area contributed by atoms with Crippen LogP contribution in [0.25, 0.3) is 0 Å². The van der Waals surface area contributed by atoms with E-state index < -0.39 is 0 Å². The summed E-state index contributed by atoms with van der Waals surface area (Å²) >= 11 is 0. The SMILES string of the molecule is CCCNCCC(C)(P)C(C)(P)C(C)(P)C(C)(P)C(C)(P)C(C)(C)P. The first-order valence-corrected chi connectivity index (χ1v) is 12.7. The van der Waals surface area contributed by atoms with Gasteiger partial charge in [0.15, 0.2) is 0 Å². The molecule has 152 valence electrons. The standard InChI is InChI=1S/C18H45NP6/c1-9-11-19-12-10-14(4,21)16(6,23)18(8,25)17(7,24)15(5,22)13(2,3)20/h19H,9-12,20-25H2,1-8H3. The van der Waals surface area contributed by atoms with Crippen molar-refractivity contribution in [1.29, 1.82) is 0 Å². The van der Waals surface area contributed by atoms with Gasteiger partial charge in [-0.2, -0.15) is 0 Å². The third-order valence-electron chi connectivity index (χ3n) is 7.01. The molecule has 0 fully saturated rings. The zero-order chi connectivity index (χ0) is 20.5. The average Bonchev–Trinajstić information content (AvgIpc) is 2.41. The van der Waals surface area contributed by atoms with Crippen molar-refractivity contribution in [2.24, 2.45) is 0 Å². The lowest BCUT2D eigenvalue weighted by molar-refractivity contribution is 0.259. The predicted octanol–water partition coefficient (Wildman–Crippen LogP) is 5.20. The van der Waals surface area contributed by atoms with E-state index in [2.05, 4.69) is 116 Å². The smallest absolute Gasteiger partial charge is 0.00142 e. The molecule has 0 aliphatic rings. The van der Waals surface area contributed by atoms with Gasteiger partial charge in [-0.3, -0.25) is 0 Å². The molecule has 0 bridgehead atoms. The molecule has 1 N–H and O–H groups in total. The van der Waals surface area contributed by atoms with Crippen LogP contribution in [0.5, 0.6) is 0 Å². The van der Waals surface area contributed by atoms with Gasteiger partial charge in [0, 0.05) is 20.6 Å². The second kappa shape index (κ2) is 9.13. The first kappa shape index (κ1) is 27.5. The van der Waals surface area contributed by atoms with Gasteiger partial charge in [0.2, 0.25) is 0 Å². The van der Waals surface area contributed by atoms with Crippen LogP contribution in [0.3, 0.4) is 0 Å². The summed E-state index contributed by atoms with van der Waals surface area (Å²) in [7, 11) is 19.0. The molecule has 0 rings (SSSR count). The van der Waals surface area contributed by atoms with Crippen LogP contribution in [0.1, 0.15) is 68.2 Å². The van der Waals surface area contributed by atoms with Crippen LogP contribution in [-0.2, 0) is 0 Å². The minimum atomic E-state index is -0.0269. The maximum absolute atomic E-state index is 3.57. The van der Waals surface area contributed by atoms with Gasteiger partial charge in [-0.05, 0) is 36.2 Å². The Bertz CT molecular complexity index is 435. The lowest BCUT2D eigenvalue weighted by Crippen LogP contribution is -2.69. The lowest BCUT2D eigenvalue weighted by atomic mass is 9.67. The van der Waals surface area contributed by atoms with Crippen molar-refractivity contribution in [3.05, 3.63) is 0 Å². The zero-order valence-electron chi connectivity index (χ0n) is 17.8. The number of nitrogens with one attached hydrogen (secondary N) is 1. The van der Waals surface area contributed by atoms with E-state index in [9.17, 15) is 0 Å². The lowest BCUT2D eigenvalue weighted by Gasteiger charge is -2.64. The predicted molar refractivity (Wildman–Crippen MR) is 142 cm³/mol. The monoisotopic (exact) mass is 461 g/mol. The second-order valence-electron chi connectivity index (χ2n) is 9.45. The van der Waals surface area contributed by atoms with Crippen LogP contribution in [0.4, 0.5) is 0 Å². The van der Waals surface area contributed by atoms with Gasteiger partial charge in [0.25, 0.3) is 0 Å². The number of hydrogen-bond acceptors (Lipinski definition) is 1. The molecular formula is C18H45NP6. The molecule has 0 aliphatic heterocycles. The highest BCUT2D eigenvalue weighted by Gasteiger charge is 2.61. The molecule has 0 aromatic rings. The molecule has 11 atom stereocenters. The average molecular weight is 461 g/mol. The van der Waals surface area contributed by atoms with Crippen molar-refractivity contribution in [3.8, 4) is 0 Å². The zero-order valence-corrected chi connectivity index (χ0v) is 24.7. The first-order chi connectivity index (χ1) is 10.8. The Hall–Kier alpha value is 2.54. The van der Waals surface area contributed by atoms with E-state index in [-0.39, 0.29) is 30.9 Å². The Morgan fingerprint density at radius 2 is 1.00 bits per heavy atom. The summed E-state index contributed by atoms with van der Waals surface area (Å²) in [6.45, 7) is 20.9. The van der Waals surface area contributed by atoms with Gasteiger partial charge < -0.3 is 5.32 Å². The number of hydrogen-bond donors (Lipinski definition) is 1. The van der Waals surface area contributed by atoms with Gasteiger partial charge in [0.05, 0.1) is 0 Å². The first-order valence-electron chi connectivity index (χ1n) is 9.25. The Kier molecular flexibility index (Phi) is 10.1. The largest absolute Gasteiger partial charge is 0.317 e. The molecule has 1 nitrogen and oxygen atoms in total. The molecule has 0 aromatic heterocycles. The van der Waals surface area contributed by atoms with Crippen molar-refractivity contribution in [2.75, 3.05) is 13.1 Å². The normalized spacial score (nSPS) is 25.2. The fourth-order valence-electron chi connectivity index (χ4n) is 3.25. The van der Waals surface area contributed by atoms with Gasteiger partial charge in [-0.15, -0.1) is 55.4 Å². The minimum absolute atomic E-state index is 0.00742. The number of rotatable bonds is 10. The fourth-order valence-corrected chi connectivity index (χ4v) is 6.71. The van der Waals surface area contributed by atoms with Crippen molar-refractivity contribution in [1.82, 2.24) is 5.32 Å². The van der Waals surface area contributed by atoms with Crippen LogP contribution in [0.2, 0.25) is 0 Å². The molecule has 0 amide bonds. The van der Waals surface area contributed by atoms with Gasteiger partial charge in [-0.1, -0.05) is 55.4 Å². The Morgan fingerprint density at radius 3 is 1.36 bits per heavy atom. The van der Waals surface area contributed by atoms with Gasteiger partial charge in [0.1, 0.15) is 0 Å². The van der Waals surface area contributed by atoms with E-state index in [0.29, 0.717) is 0 Å². The Labute approximate surface area is 172 Å². The molecule has 0 saturated carbocycles. The third kappa shape index (κ3) is 5.37. The molecule has 0 aliphatic carbocycles. The van der Waals surface area contributed by atoms with Crippen molar-refractivity contribution >= 4 is 55.4 Å². The van der Waals surface area contributed by atoms with E-state index in [4.69, 9.17) is 0 Å². The van der Waals surface area contributed by atoms with E-state index >= 15 is 0 Å². The van der Waals surface area contributed by atoms with Crippen LogP contribution < -0.4 is 5.32 Å². The van der Waals surface area contributed by atoms with Crippen LogP contribution in [0, 0.1) is 0 Å². The van der Waals surface area contributed by atoms with E-state index in [1.807, 2.05) is 0 Å². The van der Waals surface area contributed by atoms with E-state index in [1.165, 1.54) is 6.42 Å². The minimum Gasteiger partial charge on any atom is -0.317 e. The molecule has 0 heterocycles. The quantitative estimate of drug-likeness (QED) is 0.349.